The summed E-state index contributed by atoms with van der Waals surface area (Å²) in [6.45, 7) is 0. The first-order valence-corrected chi connectivity index (χ1v) is 10.7. The van der Waals surface area contributed by atoms with Crippen LogP contribution in [0.4, 0.5) is 5.69 Å². The van der Waals surface area contributed by atoms with Crippen LogP contribution in [0, 0.1) is 0 Å². The van der Waals surface area contributed by atoms with Crippen molar-refractivity contribution < 1.29 is 14.4 Å². The highest BCUT2D eigenvalue weighted by molar-refractivity contribution is 6.40. The van der Waals surface area contributed by atoms with Crippen molar-refractivity contribution in [3.05, 3.63) is 63.6 Å². The number of rotatable bonds is 5. The second-order valence-corrected chi connectivity index (χ2v) is 7.96. The number of carbonyl (C=O) groups is 3. The number of nitrogens with one attached hydrogen (secondary N) is 3. The molecule has 0 radical (unpaired) electrons. The second-order valence-electron chi connectivity index (χ2n) is 7.14. The summed E-state index contributed by atoms with van der Waals surface area (Å²) in [7, 11) is 0. The molecule has 0 saturated heterocycles. The van der Waals surface area contributed by atoms with Gasteiger partial charge in [0, 0.05) is 11.6 Å². The van der Waals surface area contributed by atoms with Crippen LogP contribution in [0.15, 0.2) is 47.6 Å². The van der Waals surface area contributed by atoms with E-state index in [1.165, 1.54) is 12.6 Å². The fourth-order valence-corrected chi connectivity index (χ4v) is 3.81. The van der Waals surface area contributed by atoms with Crippen LogP contribution in [0.2, 0.25) is 10.0 Å². The Morgan fingerprint density at radius 1 is 0.903 bits per heavy atom. The van der Waals surface area contributed by atoms with E-state index < -0.39 is 11.8 Å². The zero-order chi connectivity index (χ0) is 22.2. The van der Waals surface area contributed by atoms with E-state index in [1.54, 1.807) is 42.5 Å². The molecule has 1 saturated carbocycles. The van der Waals surface area contributed by atoms with E-state index in [-0.39, 0.29) is 17.6 Å². The van der Waals surface area contributed by atoms with E-state index in [1.807, 2.05) is 0 Å². The third-order valence-corrected chi connectivity index (χ3v) is 5.59. The number of nitrogens with zero attached hydrogens (tertiary/aromatic N) is 1. The van der Waals surface area contributed by atoms with Crippen LogP contribution in [0.5, 0.6) is 0 Å². The van der Waals surface area contributed by atoms with Crippen LogP contribution in [0.25, 0.3) is 0 Å². The van der Waals surface area contributed by atoms with Gasteiger partial charge in [0.05, 0.1) is 27.5 Å². The summed E-state index contributed by atoms with van der Waals surface area (Å²) < 4.78 is 0. The third kappa shape index (κ3) is 6.29. The monoisotopic (exact) mass is 460 g/mol. The predicted molar refractivity (Wildman–Crippen MR) is 122 cm³/mol. The Kier molecular flexibility index (Phi) is 8.03. The number of amides is 3. The number of halogens is 2. The Morgan fingerprint density at radius 3 is 2.29 bits per heavy atom. The number of para-hydroxylation sites is 1. The maximum absolute atomic E-state index is 12.7. The number of hydrogen-bond acceptors (Lipinski definition) is 4. The molecule has 1 fully saturated rings. The molecule has 7 nitrogen and oxygen atoms in total. The largest absolute Gasteiger partial charge is 0.349 e. The highest BCUT2D eigenvalue weighted by Crippen LogP contribution is 2.22. The highest BCUT2D eigenvalue weighted by atomic mass is 35.5. The first-order valence-electron chi connectivity index (χ1n) is 9.94. The second kappa shape index (κ2) is 10.9. The van der Waals surface area contributed by atoms with Crippen molar-refractivity contribution in [1.82, 2.24) is 10.7 Å². The summed E-state index contributed by atoms with van der Waals surface area (Å²) >= 11 is 12.1. The van der Waals surface area contributed by atoms with Crippen LogP contribution < -0.4 is 16.1 Å². The number of hydrazone groups is 1. The Balaban J connectivity index is 1.61. The molecule has 2 aromatic rings. The summed E-state index contributed by atoms with van der Waals surface area (Å²) in [6.07, 6.45) is 6.49. The molecule has 0 aliphatic heterocycles. The third-order valence-electron chi connectivity index (χ3n) is 4.93. The van der Waals surface area contributed by atoms with Gasteiger partial charge in [0.1, 0.15) is 0 Å². The minimum Gasteiger partial charge on any atom is -0.349 e. The van der Waals surface area contributed by atoms with E-state index in [0.717, 1.165) is 25.7 Å². The van der Waals surface area contributed by atoms with Crippen molar-refractivity contribution in [3.8, 4) is 0 Å². The normalized spacial score (nSPS) is 14.3. The molecule has 1 aliphatic rings. The van der Waals surface area contributed by atoms with Crippen LogP contribution >= 0.6 is 23.2 Å². The molecule has 0 atom stereocenters. The minimum absolute atomic E-state index is 0.124. The number of carbonyl (C=O) groups excluding carboxylic acids is 3. The quantitative estimate of drug-likeness (QED) is 0.355. The average molecular weight is 461 g/mol. The van der Waals surface area contributed by atoms with Crippen molar-refractivity contribution in [2.45, 2.75) is 38.1 Å². The molecule has 31 heavy (non-hydrogen) atoms. The van der Waals surface area contributed by atoms with Gasteiger partial charge in [0.2, 0.25) is 0 Å². The Hall–Kier alpha value is -2.90. The smallest absolute Gasteiger partial charge is 0.329 e. The van der Waals surface area contributed by atoms with Gasteiger partial charge in [-0.15, -0.1) is 0 Å². The van der Waals surface area contributed by atoms with Gasteiger partial charge in [0.15, 0.2) is 0 Å². The topological polar surface area (TPSA) is 99.7 Å². The number of hydrogen-bond donors (Lipinski definition) is 3. The van der Waals surface area contributed by atoms with Gasteiger partial charge in [-0.05, 0) is 37.1 Å². The molecule has 9 heteroatoms. The first-order chi connectivity index (χ1) is 15.0. The minimum atomic E-state index is -0.998. The summed E-state index contributed by atoms with van der Waals surface area (Å²) in [4.78, 5) is 37.0. The molecule has 0 bridgehead atoms. The highest BCUT2D eigenvalue weighted by Gasteiger charge is 2.20. The van der Waals surface area contributed by atoms with Crippen LogP contribution in [-0.2, 0) is 9.59 Å². The van der Waals surface area contributed by atoms with Gasteiger partial charge in [-0.3, -0.25) is 14.4 Å². The summed E-state index contributed by atoms with van der Waals surface area (Å²) in [5.41, 5.74) is 3.07. The lowest BCUT2D eigenvalue weighted by Crippen LogP contribution is -2.37. The van der Waals surface area contributed by atoms with Crippen molar-refractivity contribution >= 4 is 52.8 Å². The SMILES string of the molecule is O=C(N/N=C\c1c(Cl)cccc1Cl)C(=O)Nc1ccccc1C(=O)NC1CCCCC1. The lowest BCUT2D eigenvalue weighted by molar-refractivity contribution is -0.136. The zero-order valence-electron chi connectivity index (χ0n) is 16.7. The lowest BCUT2D eigenvalue weighted by atomic mass is 9.95. The van der Waals surface area contributed by atoms with Crippen molar-refractivity contribution in [1.29, 1.82) is 0 Å². The van der Waals surface area contributed by atoms with Crippen LogP contribution in [0.1, 0.15) is 48.0 Å². The van der Waals surface area contributed by atoms with Gasteiger partial charge < -0.3 is 10.6 Å². The molecular formula is C22H22Cl2N4O3. The van der Waals surface area contributed by atoms with Gasteiger partial charge in [-0.1, -0.05) is 60.7 Å². The van der Waals surface area contributed by atoms with Crippen molar-refractivity contribution in [2.75, 3.05) is 5.32 Å². The molecule has 0 heterocycles. The fraction of sp³-hybridized carbons (Fsp3) is 0.273. The predicted octanol–water partition coefficient (Wildman–Crippen LogP) is 4.14. The van der Waals surface area contributed by atoms with Gasteiger partial charge in [0.25, 0.3) is 5.91 Å². The molecule has 0 aromatic heterocycles. The summed E-state index contributed by atoms with van der Waals surface area (Å²) in [5.74, 6) is -2.24. The standard InChI is InChI=1S/C22H22Cl2N4O3/c23-17-10-6-11-18(24)16(17)13-25-28-22(31)21(30)27-19-12-5-4-9-15(19)20(29)26-14-7-2-1-3-8-14/h4-6,9-14H,1-3,7-8H2,(H,26,29)(H,27,30)(H,28,31)/b25-13-. The molecular weight excluding hydrogens is 439 g/mol. The maximum atomic E-state index is 12.7. The summed E-state index contributed by atoms with van der Waals surface area (Å²) in [5, 5.41) is 9.90. The van der Waals surface area contributed by atoms with Crippen LogP contribution in [0.3, 0.4) is 0 Å². The molecule has 3 N–H and O–H groups in total. The van der Waals surface area contributed by atoms with E-state index in [4.69, 9.17) is 23.2 Å². The van der Waals surface area contributed by atoms with E-state index in [9.17, 15) is 14.4 Å². The molecule has 0 unspecified atom stereocenters. The molecule has 162 valence electrons. The van der Waals surface area contributed by atoms with Crippen molar-refractivity contribution in [3.63, 3.8) is 0 Å². The average Bonchev–Trinajstić information content (AvgIpc) is 2.76. The molecule has 3 rings (SSSR count). The fourth-order valence-electron chi connectivity index (χ4n) is 3.32. The van der Waals surface area contributed by atoms with Gasteiger partial charge in [-0.25, -0.2) is 5.43 Å². The summed E-state index contributed by atoms with van der Waals surface area (Å²) in [6, 6.07) is 11.6. The first kappa shape index (κ1) is 22.8. The lowest BCUT2D eigenvalue weighted by Gasteiger charge is -2.23. The molecule has 1 aliphatic carbocycles. The number of anilines is 1. The van der Waals surface area contributed by atoms with Crippen LogP contribution in [-0.4, -0.2) is 30.0 Å². The Bertz CT molecular complexity index is 984. The van der Waals surface area contributed by atoms with Gasteiger partial charge >= 0.3 is 11.8 Å². The van der Waals surface area contributed by atoms with E-state index in [2.05, 4.69) is 21.2 Å². The van der Waals surface area contributed by atoms with Gasteiger partial charge in [-0.2, -0.15) is 5.10 Å². The molecule has 0 spiro atoms. The zero-order valence-corrected chi connectivity index (χ0v) is 18.2. The number of benzene rings is 2. The Morgan fingerprint density at radius 2 is 1.58 bits per heavy atom. The van der Waals surface area contributed by atoms with Crippen molar-refractivity contribution in [2.24, 2.45) is 5.10 Å². The maximum Gasteiger partial charge on any atom is 0.329 e. The Labute approximate surface area is 190 Å². The van der Waals surface area contributed by atoms with E-state index >= 15 is 0 Å². The molecule has 2 aromatic carbocycles. The molecule has 3 amide bonds. The van der Waals surface area contributed by atoms with E-state index in [0.29, 0.717) is 21.2 Å².